The predicted molar refractivity (Wildman–Crippen MR) is 88.9 cm³/mol. The molecule has 0 radical (unpaired) electrons. The molecule has 0 amide bonds. The molecule has 1 aromatic rings. The Bertz CT molecular complexity index is 554. The van der Waals surface area contributed by atoms with Gasteiger partial charge < -0.3 is 14.0 Å². The fraction of sp³-hybridized carbons (Fsp3) is 0.588. The molecule has 1 aromatic carbocycles. The largest absolute Gasteiger partial charge is 0.496 e. The second kappa shape index (κ2) is 7.32. The number of carbonyl (C=O) groups excluding carboxylic acids is 1. The van der Waals surface area contributed by atoms with Crippen molar-refractivity contribution in [3.63, 3.8) is 0 Å². The van der Waals surface area contributed by atoms with Crippen LogP contribution in [0.25, 0.3) is 0 Å². The van der Waals surface area contributed by atoms with Crippen LogP contribution in [0, 0.1) is 0 Å². The lowest BCUT2D eigenvalue weighted by molar-refractivity contribution is 0.106. The molecule has 0 aromatic heterocycles. The van der Waals surface area contributed by atoms with E-state index in [2.05, 4.69) is 0 Å². The van der Waals surface area contributed by atoms with Gasteiger partial charge in [0.25, 0.3) is 0 Å². The second-order valence-electron chi connectivity index (χ2n) is 5.80. The third-order valence-corrected chi connectivity index (χ3v) is 8.17. The van der Waals surface area contributed by atoms with E-state index in [0.29, 0.717) is 23.2 Å². The highest BCUT2D eigenvalue weighted by molar-refractivity contribution is 7.81. The van der Waals surface area contributed by atoms with Crippen LogP contribution in [0.3, 0.4) is 0 Å². The topological polar surface area (TPSA) is 52.6 Å². The van der Waals surface area contributed by atoms with Crippen molar-refractivity contribution in [2.24, 2.45) is 0 Å². The molecule has 22 heavy (non-hydrogen) atoms. The minimum absolute atomic E-state index is 0.0227. The van der Waals surface area contributed by atoms with E-state index in [-0.39, 0.29) is 11.2 Å². The summed E-state index contributed by atoms with van der Waals surface area (Å²) in [5.41, 5.74) is 0.0984. The van der Waals surface area contributed by atoms with Crippen molar-refractivity contribution in [1.82, 2.24) is 0 Å². The van der Waals surface area contributed by atoms with Crippen molar-refractivity contribution < 1.29 is 18.8 Å². The third-order valence-electron chi connectivity index (χ3n) is 4.46. The maximum atomic E-state index is 13.6. The Morgan fingerprint density at radius 2 is 1.73 bits per heavy atom. The van der Waals surface area contributed by atoms with E-state index in [0.717, 1.165) is 32.1 Å². The van der Waals surface area contributed by atoms with Gasteiger partial charge in [0.1, 0.15) is 17.1 Å². The minimum Gasteiger partial charge on any atom is -0.496 e. The van der Waals surface area contributed by atoms with Crippen molar-refractivity contribution >= 4 is 12.7 Å². The SMILES string of the molecule is CCCP(=O)(C(=O)c1c(OC)cccc1OC)C1CCCC1. The quantitative estimate of drug-likeness (QED) is 0.690. The van der Waals surface area contributed by atoms with E-state index < -0.39 is 7.14 Å². The van der Waals surface area contributed by atoms with Crippen molar-refractivity contribution in [3.8, 4) is 11.5 Å². The number of methoxy groups -OCH3 is 2. The number of hydrogen-bond donors (Lipinski definition) is 0. The number of benzene rings is 1. The summed E-state index contributed by atoms with van der Waals surface area (Å²) in [7, 11) is 0.0804. The van der Waals surface area contributed by atoms with Crippen LogP contribution >= 0.6 is 7.14 Å². The molecule has 0 heterocycles. The molecule has 0 spiro atoms. The van der Waals surface area contributed by atoms with E-state index >= 15 is 0 Å². The Morgan fingerprint density at radius 3 is 2.18 bits per heavy atom. The van der Waals surface area contributed by atoms with Gasteiger partial charge in [-0.15, -0.1) is 0 Å². The molecule has 1 aliphatic carbocycles. The third kappa shape index (κ3) is 3.08. The molecule has 5 heteroatoms. The monoisotopic (exact) mass is 324 g/mol. The highest BCUT2D eigenvalue weighted by Gasteiger charge is 2.43. The zero-order valence-electron chi connectivity index (χ0n) is 13.6. The van der Waals surface area contributed by atoms with Gasteiger partial charge in [-0.25, -0.2) is 0 Å². The van der Waals surface area contributed by atoms with Gasteiger partial charge in [-0.05, 0) is 31.4 Å². The molecule has 0 aliphatic heterocycles. The van der Waals surface area contributed by atoms with Gasteiger partial charge in [0, 0.05) is 11.8 Å². The number of carbonyl (C=O) groups is 1. The van der Waals surface area contributed by atoms with Crippen LogP contribution in [-0.4, -0.2) is 31.6 Å². The first-order chi connectivity index (χ1) is 10.6. The molecule has 1 fully saturated rings. The minimum atomic E-state index is -2.96. The summed E-state index contributed by atoms with van der Waals surface area (Å²) in [6.45, 7) is 1.98. The molecule has 1 atom stereocenters. The van der Waals surface area contributed by atoms with Crippen LogP contribution in [0.5, 0.6) is 11.5 Å². The summed E-state index contributed by atoms with van der Waals surface area (Å²) >= 11 is 0. The molecule has 1 aliphatic rings. The zero-order chi connectivity index (χ0) is 16.2. The van der Waals surface area contributed by atoms with Crippen LogP contribution in [-0.2, 0) is 4.57 Å². The lowest BCUT2D eigenvalue weighted by atomic mass is 10.2. The highest BCUT2D eigenvalue weighted by Crippen LogP contribution is 2.60. The van der Waals surface area contributed by atoms with Gasteiger partial charge in [0.05, 0.1) is 14.2 Å². The van der Waals surface area contributed by atoms with Crippen molar-refractivity contribution in [2.75, 3.05) is 20.4 Å². The van der Waals surface area contributed by atoms with E-state index in [1.54, 1.807) is 18.2 Å². The van der Waals surface area contributed by atoms with Crippen molar-refractivity contribution in [1.29, 1.82) is 0 Å². The van der Waals surface area contributed by atoms with Gasteiger partial charge in [-0.1, -0.05) is 25.8 Å². The van der Waals surface area contributed by atoms with Crippen LogP contribution < -0.4 is 9.47 Å². The van der Waals surface area contributed by atoms with Gasteiger partial charge in [-0.2, -0.15) is 0 Å². The van der Waals surface area contributed by atoms with Gasteiger partial charge in [0.2, 0.25) is 5.52 Å². The predicted octanol–water partition coefficient (Wildman–Crippen LogP) is 4.56. The van der Waals surface area contributed by atoms with E-state index in [1.807, 2.05) is 6.92 Å². The first kappa shape index (κ1) is 17.1. The lowest BCUT2D eigenvalue weighted by Gasteiger charge is -2.24. The fourth-order valence-corrected chi connectivity index (χ4v) is 6.72. The van der Waals surface area contributed by atoms with Crippen molar-refractivity contribution in [3.05, 3.63) is 23.8 Å². The number of hydrogen-bond acceptors (Lipinski definition) is 4. The molecule has 0 N–H and O–H groups in total. The first-order valence-electron chi connectivity index (χ1n) is 7.93. The van der Waals surface area contributed by atoms with Crippen LogP contribution in [0.2, 0.25) is 0 Å². The maximum absolute atomic E-state index is 13.6. The summed E-state index contributed by atoms with van der Waals surface area (Å²) in [6, 6.07) is 5.22. The normalized spacial score (nSPS) is 18.0. The summed E-state index contributed by atoms with van der Waals surface area (Å²) < 4.78 is 24.2. The summed E-state index contributed by atoms with van der Waals surface area (Å²) in [4.78, 5) is 13.2. The smallest absolute Gasteiger partial charge is 0.229 e. The van der Waals surface area contributed by atoms with E-state index in [9.17, 15) is 9.36 Å². The van der Waals surface area contributed by atoms with E-state index in [1.165, 1.54) is 14.2 Å². The lowest BCUT2D eigenvalue weighted by Crippen LogP contribution is -2.16. The highest BCUT2D eigenvalue weighted by atomic mass is 31.2. The Kier molecular flexibility index (Phi) is 5.69. The average Bonchev–Trinajstić information content (AvgIpc) is 3.08. The molecule has 1 unspecified atom stereocenters. The Hall–Kier alpha value is -1.28. The summed E-state index contributed by atoms with van der Waals surface area (Å²) in [5, 5.41) is 0. The molecule has 4 nitrogen and oxygen atoms in total. The Balaban J connectivity index is 2.49. The summed E-state index contributed by atoms with van der Waals surface area (Å²) in [6.07, 6.45) is 5.12. The first-order valence-corrected chi connectivity index (χ1v) is 9.89. The summed E-state index contributed by atoms with van der Waals surface area (Å²) in [5.74, 6) is 0.886. The van der Waals surface area contributed by atoms with Gasteiger partial charge in [-0.3, -0.25) is 4.79 Å². The average molecular weight is 324 g/mol. The zero-order valence-corrected chi connectivity index (χ0v) is 14.5. The van der Waals surface area contributed by atoms with Crippen molar-refractivity contribution in [2.45, 2.75) is 44.7 Å². The molecular weight excluding hydrogens is 299 g/mol. The Labute approximate surface area is 132 Å². The molecule has 2 rings (SSSR count). The van der Waals surface area contributed by atoms with Crippen LogP contribution in [0.4, 0.5) is 0 Å². The Morgan fingerprint density at radius 1 is 1.18 bits per heavy atom. The van der Waals surface area contributed by atoms with Crippen LogP contribution in [0.15, 0.2) is 18.2 Å². The fourth-order valence-electron chi connectivity index (χ4n) is 3.35. The van der Waals surface area contributed by atoms with Gasteiger partial charge >= 0.3 is 0 Å². The second-order valence-corrected chi connectivity index (χ2v) is 8.98. The molecular formula is C17H25O4P. The molecule has 0 saturated heterocycles. The molecule has 0 bridgehead atoms. The maximum Gasteiger partial charge on any atom is 0.229 e. The number of ether oxygens (including phenoxy) is 2. The van der Waals surface area contributed by atoms with Gasteiger partial charge in [0.15, 0.2) is 7.14 Å². The molecule has 122 valence electrons. The standard InChI is InChI=1S/C17H25O4P/c1-4-12-22(19,13-8-5-6-9-13)17(18)16-14(20-2)10-7-11-15(16)21-3/h7,10-11,13H,4-6,8-9,12H2,1-3H3. The molecule has 1 saturated carbocycles. The number of rotatable bonds is 7. The van der Waals surface area contributed by atoms with Crippen LogP contribution in [0.1, 0.15) is 49.4 Å². The van der Waals surface area contributed by atoms with E-state index in [4.69, 9.17) is 9.47 Å².